The summed E-state index contributed by atoms with van der Waals surface area (Å²) in [6, 6.07) is 0. The maximum Gasteiger partial charge on any atom is 0.246 e. The van der Waals surface area contributed by atoms with Gasteiger partial charge in [-0.2, -0.15) is 0 Å². The molecular formula is C23H46N6O8. The van der Waals surface area contributed by atoms with Crippen LogP contribution < -0.4 is 21.6 Å². The summed E-state index contributed by atoms with van der Waals surface area (Å²) in [6.45, 7) is 1.81. The van der Waals surface area contributed by atoms with Crippen molar-refractivity contribution in [1.82, 2.24) is 20.8 Å². The molecule has 0 aromatic heterocycles. The molecule has 0 aliphatic rings. The Kier molecular flexibility index (Phi) is 21.4. The Morgan fingerprint density at radius 2 is 1.11 bits per heavy atom. The lowest BCUT2D eigenvalue weighted by molar-refractivity contribution is -1.05. The zero-order valence-corrected chi connectivity index (χ0v) is 21.8. The lowest BCUT2D eigenvalue weighted by Gasteiger charge is -2.15. The Hall–Kier alpha value is -2.36. The van der Waals surface area contributed by atoms with Crippen molar-refractivity contribution in [1.29, 1.82) is 0 Å². The average molecular weight is 535 g/mol. The van der Waals surface area contributed by atoms with E-state index in [1.54, 1.807) is 0 Å². The summed E-state index contributed by atoms with van der Waals surface area (Å²) in [4.78, 5) is 47.3. The fourth-order valence-electron chi connectivity index (χ4n) is 3.30. The van der Waals surface area contributed by atoms with Crippen molar-refractivity contribution in [2.45, 2.75) is 83.5 Å². The first-order valence-electron chi connectivity index (χ1n) is 13.1. The SMILES string of the molecule is NCCCCCN(O)C(=O)CCC(=O)NCCCCCN(O)C(=O)CCC(=O)NCCCCC[NH+]([O-])O. The maximum absolute atomic E-state index is 11.9. The number of hydrogen-bond acceptors (Lipinski definition) is 9. The first-order chi connectivity index (χ1) is 17.7. The molecule has 0 saturated carbocycles. The summed E-state index contributed by atoms with van der Waals surface area (Å²) in [6.07, 6.45) is 5.75. The molecule has 0 aromatic carbocycles. The summed E-state index contributed by atoms with van der Waals surface area (Å²) >= 11 is 0. The second kappa shape index (κ2) is 22.8. The van der Waals surface area contributed by atoms with E-state index in [9.17, 15) is 34.8 Å². The molecule has 0 heterocycles. The minimum atomic E-state index is -0.843. The van der Waals surface area contributed by atoms with Gasteiger partial charge in [-0.3, -0.25) is 29.6 Å². The number of rotatable bonds is 23. The molecule has 1 atom stereocenters. The normalized spacial score (nSPS) is 11.6. The Balaban J connectivity index is 3.73. The van der Waals surface area contributed by atoms with Crippen LogP contribution in [0.25, 0.3) is 0 Å². The lowest BCUT2D eigenvalue weighted by atomic mass is 10.2. The molecule has 14 nitrogen and oxygen atoms in total. The number of carbonyl (C=O) groups excluding carboxylic acids is 4. The van der Waals surface area contributed by atoms with Gasteiger partial charge in [-0.15, -0.1) is 0 Å². The third-order valence-corrected chi connectivity index (χ3v) is 5.54. The highest BCUT2D eigenvalue weighted by Gasteiger charge is 2.14. The number of quaternary nitrogens is 1. The molecule has 0 spiro atoms. The number of carbonyl (C=O) groups is 4. The van der Waals surface area contributed by atoms with Gasteiger partial charge in [-0.05, 0) is 57.9 Å². The van der Waals surface area contributed by atoms with Crippen molar-refractivity contribution in [2.24, 2.45) is 5.73 Å². The zero-order valence-electron chi connectivity index (χ0n) is 21.8. The molecule has 0 aliphatic heterocycles. The van der Waals surface area contributed by atoms with E-state index in [0.717, 1.165) is 12.8 Å². The van der Waals surface area contributed by atoms with Crippen molar-refractivity contribution < 1.29 is 40.0 Å². The first kappa shape index (κ1) is 34.6. The van der Waals surface area contributed by atoms with E-state index >= 15 is 0 Å². The Bertz CT molecular complexity index is 653. The molecule has 4 amide bonds. The monoisotopic (exact) mass is 534 g/mol. The molecule has 1 unspecified atom stereocenters. The van der Waals surface area contributed by atoms with Crippen LogP contribution >= 0.6 is 0 Å². The molecular weight excluding hydrogens is 488 g/mol. The van der Waals surface area contributed by atoms with Crippen LogP contribution in [0.1, 0.15) is 83.5 Å². The number of nitrogens with one attached hydrogen (secondary N) is 3. The number of amides is 4. The quantitative estimate of drug-likeness (QED) is 0.0508. The summed E-state index contributed by atoms with van der Waals surface area (Å²) in [5, 5.41) is 44.2. The number of nitrogens with two attached hydrogens (primary N) is 1. The smallest absolute Gasteiger partial charge is 0.246 e. The van der Waals surface area contributed by atoms with Crippen LogP contribution in [0.4, 0.5) is 0 Å². The minimum Gasteiger partial charge on any atom is -0.600 e. The van der Waals surface area contributed by atoms with Gasteiger partial charge in [0.15, 0.2) is 0 Å². The van der Waals surface area contributed by atoms with Crippen LogP contribution in [0.5, 0.6) is 0 Å². The molecule has 0 saturated heterocycles. The highest BCUT2D eigenvalue weighted by molar-refractivity contribution is 5.83. The summed E-state index contributed by atoms with van der Waals surface area (Å²) in [5.74, 6) is -1.64. The van der Waals surface area contributed by atoms with Gasteiger partial charge in [0.05, 0.1) is 0 Å². The van der Waals surface area contributed by atoms with Gasteiger partial charge in [0.2, 0.25) is 23.6 Å². The number of hydroxylamine groups is 6. The predicted molar refractivity (Wildman–Crippen MR) is 133 cm³/mol. The van der Waals surface area contributed by atoms with Gasteiger partial charge >= 0.3 is 0 Å². The number of nitrogens with zero attached hydrogens (tertiary/aromatic N) is 2. The van der Waals surface area contributed by atoms with E-state index in [1.807, 2.05) is 0 Å². The molecule has 0 aromatic rings. The van der Waals surface area contributed by atoms with E-state index < -0.39 is 17.0 Å². The molecule has 0 aliphatic carbocycles. The van der Waals surface area contributed by atoms with Crippen molar-refractivity contribution in [3.05, 3.63) is 5.21 Å². The minimum absolute atomic E-state index is 0.0179. The van der Waals surface area contributed by atoms with Crippen LogP contribution in [0.3, 0.4) is 0 Å². The predicted octanol–water partition coefficient (Wildman–Crippen LogP) is -0.544. The highest BCUT2D eigenvalue weighted by Crippen LogP contribution is 2.03. The maximum atomic E-state index is 11.9. The molecule has 14 heteroatoms. The first-order valence-corrected chi connectivity index (χ1v) is 13.1. The van der Waals surface area contributed by atoms with Gasteiger partial charge in [0.25, 0.3) is 0 Å². The van der Waals surface area contributed by atoms with E-state index in [4.69, 9.17) is 10.9 Å². The van der Waals surface area contributed by atoms with Gasteiger partial charge in [-0.1, -0.05) is 6.42 Å². The van der Waals surface area contributed by atoms with Gasteiger partial charge < -0.3 is 21.6 Å². The van der Waals surface area contributed by atoms with E-state index in [-0.39, 0.29) is 57.1 Å². The molecule has 0 rings (SSSR count). The average Bonchev–Trinajstić information content (AvgIpc) is 2.87. The molecule has 0 radical (unpaired) electrons. The lowest BCUT2D eigenvalue weighted by Crippen LogP contribution is -3.04. The highest BCUT2D eigenvalue weighted by atomic mass is 16.8. The second-order valence-corrected chi connectivity index (χ2v) is 8.85. The van der Waals surface area contributed by atoms with Crippen molar-refractivity contribution >= 4 is 23.6 Å². The fourth-order valence-corrected chi connectivity index (χ4v) is 3.30. The van der Waals surface area contributed by atoms with Gasteiger partial charge in [0, 0.05) is 51.9 Å². The Morgan fingerprint density at radius 3 is 1.54 bits per heavy atom. The summed E-state index contributed by atoms with van der Waals surface area (Å²) in [5.41, 5.74) is 5.39. The van der Waals surface area contributed by atoms with Crippen LogP contribution in [-0.4, -0.2) is 88.6 Å². The van der Waals surface area contributed by atoms with Gasteiger partial charge in [0.1, 0.15) is 6.54 Å². The van der Waals surface area contributed by atoms with Crippen LogP contribution in [0.15, 0.2) is 0 Å². The molecule has 216 valence electrons. The Labute approximate surface area is 218 Å². The third kappa shape index (κ3) is 21.4. The molecule has 0 bridgehead atoms. The number of unbranched alkanes of at least 4 members (excludes halogenated alkanes) is 6. The molecule has 8 N–H and O–H groups in total. The summed E-state index contributed by atoms with van der Waals surface area (Å²) in [7, 11) is 0. The van der Waals surface area contributed by atoms with Crippen molar-refractivity contribution in [3.63, 3.8) is 0 Å². The Morgan fingerprint density at radius 1 is 0.676 bits per heavy atom. The van der Waals surface area contributed by atoms with E-state index in [0.29, 0.717) is 74.7 Å². The van der Waals surface area contributed by atoms with E-state index in [1.165, 1.54) is 0 Å². The second-order valence-electron chi connectivity index (χ2n) is 8.85. The van der Waals surface area contributed by atoms with Gasteiger partial charge in [-0.25, -0.2) is 20.6 Å². The molecule has 0 fully saturated rings. The molecule has 37 heavy (non-hydrogen) atoms. The fraction of sp³-hybridized carbons (Fsp3) is 0.826. The van der Waals surface area contributed by atoms with Crippen LogP contribution in [0, 0.1) is 5.21 Å². The zero-order chi connectivity index (χ0) is 27.9. The topological polar surface area (TPSA) is 213 Å². The van der Waals surface area contributed by atoms with E-state index in [2.05, 4.69) is 10.6 Å². The van der Waals surface area contributed by atoms with Crippen molar-refractivity contribution in [3.8, 4) is 0 Å². The third-order valence-electron chi connectivity index (χ3n) is 5.54. The van der Waals surface area contributed by atoms with Crippen LogP contribution in [-0.2, 0) is 19.2 Å². The number of hydrogen-bond donors (Lipinski definition) is 7. The van der Waals surface area contributed by atoms with Crippen molar-refractivity contribution in [2.75, 3.05) is 39.3 Å². The standard InChI is InChI=1S/C23H46N6O8/c24-14-4-1-7-17-27(34)22(32)12-10-20(30)25-15-5-2-8-18-28(35)23(33)13-11-21(31)26-16-6-3-9-19-29(36)37/h29,34-36H,1-19,24H2,(H,25,30)(H,26,31). The van der Waals surface area contributed by atoms with Crippen LogP contribution in [0.2, 0.25) is 0 Å². The summed E-state index contributed by atoms with van der Waals surface area (Å²) < 4.78 is 0. The largest absolute Gasteiger partial charge is 0.600 e.